The Balaban J connectivity index is 1.46. The van der Waals surface area contributed by atoms with E-state index in [0.29, 0.717) is 18.0 Å². The van der Waals surface area contributed by atoms with Crippen LogP contribution in [0.25, 0.3) is 11.1 Å². The highest BCUT2D eigenvalue weighted by Gasteiger charge is 2.20. The first-order chi connectivity index (χ1) is 15.6. The molecule has 168 valence electrons. The topological polar surface area (TPSA) is 91.5 Å². The Labute approximate surface area is 187 Å². The largest absolute Gasteiger partial charge is 0.497 e. The zero-order valence-corrected chi connectivity index (χ0v) is 18.4. The SMILES string of the molecule is COc1cccc(CNC(=O)Nc2ccc(-c3cn[nH]c3)cc2OC2CCN(C)CC2)c1. The molecule has 1 fully saturated rings. The second kappa shape index (κ2) is 10.2. The summed E-state index contributed by atoms with van der Waals surface area (Å²) in [5.41, 5.74) is 3.54. The van der Waals surface area contributed by atoms with Crippen LogP contribution in [0.2, 0.25) is 0 Å². The number of H-pyrrole nitrogens is 1. The first-order valence-electron chi connectivity index (χ1n) is 10.8. The maximum absolute atomic E-state index is 12.6. The van der Waals surface area contributed by atoms with Gasteiger partial charge in [-0.2, -0.15) is 5.10 Å². The molecule has 3 aromatic rings. The lowest BCUT2D eigenvalue weighted by molar-refractivity contribution is 0.115. The summed E-state index contributed by atoms with van der Waals surface area (Å²) in [6.45, 7) is 2.38. The number of hydrogen-bond donors (Lipinski definition) is 3. The molecule has 8 heteroatoms. The fourth-order valence-electron chi connectivity index (χ4n) is 3.73. The van der Waals surface area contributed by atoms with Crippen LogP contribution in [0, 0.1) is 0 Å². The van der Waals surface area contributed by atoms with E-state index in [2.05, 4.69) is 32.8 Å². The Morgan fingerprint density at radius 1 is 1.19 bits per heavy atom. The van der Waals surface area contributed by atoms with Crippen LogP contribution in [0.5, 0.6) is 11.5 Å². The van der Waals surface area contributed by atoms with E-state index >= 15 is 0 Å². The number of rotatable bonds is 7. The number of amides is 2. The predicted octanol–water partition coefficient (Wildman–Crippen LogP) is 3.88. The highest BCUT2D eigenvalue weighted by atomic mass is 16.5. The normalized spacial score (nSPS) is 14.7. The van der Waals surface area contributed by atoms with Gasteiger partial charge in [0, 0.05) is 31.4 Å². The number of carbonyl (C=O) groups is 1. The smallest absolute Gasteiger partial charge is 0.319 e. The summed E-state index contributed by atoms with van der Waals surface area (Å²) in [4.78, 5) is 14.9. The zero-order valence-electron chi connectivity index (χ0n) is 18.4. The molecular formula is C24H29N5O3. The predicted molar refractivity (Wildman–Crippen MR) is 124 cm³/mol. The number of carbonyl (C=O) groups excluding carboxylic acids is 1. The molecule has 1 aliphatic heterocycles. The standard InChI is InChI=1S/C24H29N5O3/c1-29-10-8-20(9-11-29)32-23-13-18(19-15-26-27-16-19)6-7-22(23)28-24(30)25-14-17-4-3-5-21(12-17)31-2/h3-7,12-13,15-16,20H,8-11,14H2,1-2H3,(H,26,27)(H2,25,28,30). The highest BCUT2D eigenvalue weighted by molar-refractivity contribution is 5.91. The lowest BCUT2D eigenvalue weighted by Gasteiger charge is -2.30. The van der Waals surface area contributed by atoms with E-state index in [1.165, 1.54) is 0 Å². The molecule has 1 saturated heterocycles. The Hall–Kier alpha value is -3.52. The summed E-state index contributed by atoms with van der Waals surface area (Å²) in [6, 6.07) is 13.1. The van der Waals surface area contributed by atoms with Crippen molar-refractivity contribution in [2.24, 2.45) is 0 Å². The van der Waals surface area contributed by atoms with Crippen molar-refractivity contribution >= 4 is 11.7 Å². The quantitative estimate of drug-likeness (QED) is 0.524. The van der Waals surface area contributed by atoms with E-state index in [-0.39, 0.29) is 12.1 Å². The molecule has 3 N–H and O–H groups in total. The molecule has 0 atom stereocenters. The molecule has 4 rings (SSSR count). The number of nitrogens with zero attached hydrogens (tertiary/aromatic N) is 2. The van der Waals surface area contributed by atoms with Gasteiger partial charge >= 0.3 is 6.03 Å². The van der Waals surface area contributed by atoms with Gasteiger partial charge in [-0.25, -0.2) is 4.79 Å². The van der Waals surface area contributed by atoms with E-state index in [1.807, 2.05) is 48.7 Å². The van der Waals surface area contributed by atoms with Crippen LogP contribution in [0.1, 0.15) is 18.4 Å². The van der Waals surface area contributed by atoms with Crippen LogP contribution in [-0.4, -0.2) is 54.5 Å². The molecule has 0 saturated carbocycles. The Morgan fingerprint density at radius 3 is 2.78 bits per heavy atom. The molecule has 0 radical (unpaired) electrons. The van der Waals surface area contributed by atoms with Gasteiger partial charge in [0.2, 0.25) is 0 Å². The number of methoxy groups -OCH3 is 1. The summed E-state index contributed by atoms with van der Waals surface area (Å²) in [5, 5.41) is 12.7. The van der Waals surface area contributed by atoms with Crippen molar-refractivity contribution in [3.63, 3.8) is 0 Å². The number of piperidine rings is 1. The van der Waals surface area contributed by atoms with E-state index in [9.17, 15) is 4.79 Å². The van der Waals surface area contributed by atoms with Gasteiger partial charge in [-0.05, 0) is 55.3 Å². The van der Waals surface area contributed by atoms with Crippen LogP contribution in [0.3, 0.4) is 0 Å². The van der Waals surface area contributed by atoms with Crippen molar-refractivity contribution in [2.45, 2.75) is 25.5 Å². The van der Waals surface area contributed by atoms with Gasteiger partial charge in [-0.1, -0.05) is 18.2 Å². The Bertz CT molecular complexity index is 1030. The lowest BCUT2D eigenvalue weighted by Crippen LogP contribution is -2.36. The average Bonchev–Trinajstić information content (AvgIpc) is 3.35. The first kappa shape index (κ1) is 21.7. The number of aromatic nitrogens is 2. The molecule has 2 aromatic carbocycles. The molecule has 1 aromatic heterocycles. The number of likely N-dealkylation sites (tertiary alicyclic amines) is 1. The Morgan fingerprint density at radius 2 is 2.03 bits per heavy atom. The van der Waals surface area contributed by atoms with Gasteiger partial charge in [0.15, 0.2) is 0 Å². The molecule has 0 bridgehead atoms. The minimum Gasteiger partial charge on any atom is -0.497 e. The van der Waals surface area contributed by atoms with Crippen LogP contribution in [0.15, 0.2) is 54.9 Å². The third kappa shape index (κ3) is 5.59. The molecular weight excluding hydrogens is 406 g/mol. The minimum absolute atomic E-state index is 0.117. The van der Waals surface area contributed by atoms with Crippen LogP contribution in [-0.2, 0) is 6.54 Å². The molecule has 0 unspecified atom stereocenters. The number of urea groups is 1. The molecule has 2 amide bonds. The zero-order chi connectivity index (χ0) is 22.3. The van der Waals surface area contributed by atoms with Crippen LogP contribution < -0.4 is 20.1 Å². The van der Waals surface area contributed by atoms with Crippen molar-refractivity contribution in [1.29, 1.82) is 0 Å². The molecule has 0 spiro atoms. The number of ether oxygens (including phenoxy) is 2. The number of nitrogens with one attached hydrogen (secondary N) is 3. The summed E-state index contributed by atoms with van der Waals surface area (Å²) in [5.74, 6) is 1.42. The van der Waals surface area contributed by atoms with Crippen molar-refractivity contribution in [3.05, 3.63) is 60.4 Å². The number of anilines is 1. The van der Waals surface area contributed by atoms with Gasteiger partial charge in [0.05, 0.1) is 19.0 Å². The summed E-state index contributed by atoms with van der Waals surface area (Å²) in [7, 11) is 3.74. The fourth-order valence-corrected chi connectivity index (χ4v) is 3.73. The summed E-state index contributed by atoms with van der Waals surface area (Å²) < 4.78 is 11.6. The van der Waals surface area contributed by atoms with Crippen molar-refractivity contribution in [3.8, 4) is 22.6 Å². The molecule has 32 heavy (non-hydrogen) atoms. The maximum atomic E-state index is 12.6. The third-order valence-electron chi connectivity index (χ3n) is 5.61. The monoisotopic (exact) mass is 435 g/mol. The molecule has 8 nitrogen and oxygen atoms in total. The van der Waals surface area contributed by atoms with Crippen molar-refractivity contribution in [2.75, 3.05) is 32.6 Å². The van der Waals surface area contributed by atoms with Gasteiger partial charge in [-0.15, -0.1) is 0 Å². The minimum atomic E-state index is -0.294. The molecule has 2 heterocycles. The molecule has 1 aliphatic rings. The summed E-state index contributed by atoms with van der Waals surface area (Å²) in [6.07, 6.45) is 5.62. The number of aromatic amines is 1. The van der Waals surface area contributed by atoms with Gasteiger partial charge in [0.1, 0.15) is 17.6 Å². The third-order valence-corrected chi connectivity index (χ3v) is 5.61. The van der Waals surface area contributed by atoms with Gasteiger partial charge in [-0.3, -0.25) is 5.10 Å². The van der Waals surface area contributed by atoms with Crippen LogP contribution >= 0.6 is 0 Å². The number of hydrogen-bond acceptors (Lipinski definition) is 5. The lowest BCUT2D eigenvalue weighted by atomic mass is 10.1. The maximum Gasteiger partial charge on any atom is 0.319 e. The summed E-state index contributed by atoms with van der Waals surface area (Å²) >= 11 is 0. The van der Waals surface area contributed by atoms with E-state index in [4.69, 9.17) is 9.47 Å². The van der Waals surface area contributed by atoms with E-state index in [0.717, 1.165) is 48.4 Å². The van der Waals surface area contributed by atoms with E-state index in [1.54, 1.807) is 13.3 Å². The fraction of sp³-hybridized carbons (Fsp3) is 0.333. The van der Waals surface area contributed by atoms with Crippen LogP contribution in [0.4, 0.5) is 10.5 Å². The molecule has 0 aliphatic carbocycles. The number of benzene rings is 2. The second-order valence-corrected chi connectivity index (χ2v) is 7.98. The van der Waals surface area contributed by atoms with Gasteiger partial charge < -0.3 is 25.0 Å². The highest BCUT2D eigenvalue weighted by Crippen LogP contribution is 2.32. The Kier molecular flexibility index (Phi) is 6.91. The van der Waals surface area contributed by atoms with Crippen molar-refractivity contribution < 1.29 is 14.3 Å². The van der Waals surface area contributed by atoms with E-state index < -0.39 is 0 Å². The van der Waals surface area contributed by atoms with Gasteiger partial charge in [0.25, 0.3) is 0 Å². The first-order valence-corrected chi connectivity index (χ1v) is 10.8. The average molecular weight is 436 g/mol. The van der Waals surface area contributed by atoms with Crippen molar-refractivity contribution in [1.82, 2.24) is 20.4 Å². The second-order valence-electron chi connectivity index (χ2n) is 7.98.